The van der Waals surface area contributed by atoms with Gasteiger partial charge in [0.25, 0.3) is 5.56 Å². The molecule has 2 aromatic rings. The van der Waals surface area contributed by atoms with Crippen molar-refractivity contribution in [1.29, 1.82) is 0 Å². The topological polar surface area (TPSA) is 80.2 Å². The number of halogens is 1. The van der Waals surface area contributed by atoms with Gasteiger partial charge in [0, 0.05) is 43.7 Å². The predicted octanol–water partition coefficient (Wildman–Crippen LogP) is 2.47. The number of benzene rings is 1. The molecule has 0 bridgehead atoms. The minimum absolute atomic E-state index is 0.0699. The third-order valence-corrected chi connectivity index (χ3v) is 7.11. The van der Waals surface area contributed by atoms with Crippen LogP contribution in [-0.2, 0) is 16.9 Å². The zero-order valence-electron chi connectivity index (χ0n) is 18.3. The maximum absolute atomic E-state index is 13.2. The van der Waals surface area contributed by atoms with E-state index in [1.807, 2.05) is 24.4 Å². The van der Waals surface area contributed by atoms with Gasteiger partial charge in [0.05, 0.1) is 23.1 Å². The number of nitrogens with zero attached hydrogens (tertiary/aromatic N) is 1. The van der Waals surface area contributed by atoms with Crippen molar-refractivity contribution in [3.8, 4) is 0 Å². The summed E-state index contributed by atoms with van der Waals surface area (Å²) in [6.07, 6.45) is 10.7. The van der Waals surface area contributed by atoms with Crippen molar-refractivity contribution in [2.45, 2.75) is 6.04 Å². The van der Waals surface area contributed by atoms with Crippen LogP contribution in [-0.4, -0.2) is 37.6 Å². The number of hydrogen-bond donors (Lipinski definition) is 2. The number of aromatic nitrogens is 1. The fourth-order valence-electron chi connectivity index (χ4n) is 4.73. The van der Waals surface area contributed by atoms with Crippen molar-refractivity contribution in [3.63, 3.8) is 0 Å². The highest BCUT2D eigenvalue weighted by Gasteiger charge is 2.38. The molecular weight excluding hydrogens is 441 g/mol. The monoisotopic (exact) mass is 465 g/mol. The lowest BCUT2D eigenvalue weighted by atomic mass is 9.85. The van der Waals surface area contributed by atoms with Crippen LogP contribution in [0.25, 0.3) is 17.3 Å². The van der Waals surface area contributed by atoms with E-state index in [4.69, 9.17) is 0 Å². The zero-order valence-corrected chi connectivity index (χ0v) is 19.1. The van der Waals surface area contributed by atoms with Crippen molar-refractivity contribution in [1.82, 2.24) is 15.2 Å². The Labute approximate surface area is 191 Å². The first-order chi connectivity index (χ1) is 15.7. The molecule has 1 aromatic carbocycles. The summed E-state index contributed by atoms with van der Waals surface area (Å²) < 4.78 is 39.1. The average Bonchev–Trinajstić information content (AvgIpc) is 3.12. The van der Waals surface area contributed by atoms with Crippen LogP contribution in [0.4, 0.5) is 4.39 Å². The Kier molecular flexibility index (Phi) is 5.12. The maximum atomic E-state index is 13.2. The fourth-order valence-corrected chi connectivity index (χ4v) is 5.53. The van der Waals surface area contributed by atoms with Gasteiger partial charge >= 0.3 is 0 Å². The summed E-state index contributed by atoms with van der Waals surface area (Å²) in [5.41, 5.74) is 5.07. The number of rotatable bonds is 4. The van der Waals surface area contributed by atoms with Crippen molar-refractivity contribution in [2.24, 2.45) is 13.0 Å². The van der Waals surface area contributed by atoms with Crippen LogP contribution < -0.4 is 16.2 Å². The second-order valence-corrected chi connectivity index (χ2v) is 10.9. The van der Waals surface area contributed by atoms with Crippen LogP contribution >= 0.6 is 0 Å². The Morgan fingerprint density at radius 2 is 1.97 bits per heavy atom. The molecule has 1 aromatic heterocycles. The van der Waals surface area contributed by atoms with E-state index in [1.54, 1.807) is 25.4 Å². The Balaban J connectivity index is 1.60. The summed E-state index contributed by atoms with van der Waals surface area (Å²) in [6, 6.07) is 8.06. The molecule has 0 radical (unpaired) electrons. The molecule has 0 fully saturated rings. The highest BCUT2D eigenvalue weighted by Crippen LogP contribution is 2.41. The summed E-state index contributed by atoms with van der Waals surface area (Å²) in [7, 11) is -1.62. The Morgan fingerprint density at radius 3 is 2.70 bits per heavy atom. The molecule has 0 saturated heterocycles. The number of sulfone groups is 1. The lowest BCUT2D eigenvalue weighted by molar-refractivity contribution is 0.489. The number of aryl methyl sites for hydroxylation is 1. The number of nitrogens with one attached hydrogen (secondary N) is 2. The van der Waals surface area contributed by atoms with Gasteiger partial charge in [0.2, 0.25) is 0 Å². The maximum Gasteiger partial charge on any atom is 0.260 e. The number of allylic oxidation sites excluding steroid dienone is 1. The van der Waals surface area contributed by atoms with Gasteiger partial charge in [-0.05, 0) is 46.5 Å². The molecule has 3 aliphatic rings. The van der Waals surface area contributed by atoms with Gasteiger partial charge in [-0.15, -0.1) is 0 Å². The summed E-state index contributed by atoms with van der Waals surface area (Å²) in [6.45, 7) is 0.591. The first-order valence-electron chi connectivity index (χ1n) is 10.7. The van der Waals surface area contributed by atoms with Gasteiger partial charge in [-0.3, -0.25) is 4.79 Å². The van der Waals surface area contributed by atoms with Crippen LogP contribution in [0.1, 0.15) is 16.7 Å². The molecule has 2 N–H and O–H groups in total. The van der Waals surface area contributed by atoms with E-state index in [0.717, 1.165) is 22.4 Å². The third-order valence-electron chi connectivity index (χ3n) is 6.27. The van der Waals surface area contributed by atoms with E-state index >= 15 is 0 Å². The molecule has 6 nitrogen and oxygen atoms in total. The summed E-state index contributed by atoms with van der Waals surface area (Å²) in [5.74, 6) is -0.352. The van der Waals surface area contributed by atoms with E-state index in [2.05, 4.69) is 16.7 Å². The molecule has 2 aliphatic heterocycles. The average molecular weight is 466 g/mol. The summed E-state index contributed by atoms with van der Waals surface area (Å²) in [4.78, 5) is 13.2. The smallest absolute Gasteiger partial charge is 0.260 e. The molecule has 170 valence electrons. The predicted molar refractivity (Wildman–Crippen MR) is 128 cm³/mol. The highest BCUT2D eigenvalue weighted by molar-refractivity contribution is 7.91. The number of fused-ring (bicyclic) bond motifs is 2. The van der Waals surface area contributed by atoms with Crippen LogP contribution in [0.5, 0.6) is 0 Å². The first-order valence-corrected chi connectivity index (χ1v) is 12.7. The first kappa shape index (κ1) is 21.5. The fraction of sp³-hybridized carbons (Fsp3) is 0.240. The second kappa shape index (κ2) is 7.88. The van der Waals surface area contributed by atoms with Gasteiger partial charge in [-0.1, -0.05) is 24.3 Å². The van der Waals surface area contributed by atoms with Gasteiger partial charge in [0.15, 0.2) is 9.84 Å². The molecule has 2 atom stereocenters. The Morgan fingerprint density at radius 1 is 1.21 bits per heavy atom. The molecule has 5 rings (SSSR count). The van der Waals surface area contributed by atoms with Gasteiger partial charge < -0.3 is 15.2 Å². The lowest BCUT2D eigenvalue weighted by Gasteiger charge is -2.32. The third kappa shape index (κ3) is 3.95. The standard InChI is InChI=1S/C25H24FN3O3S/c1-29-10-9-20-18(14-33(2,31)32)11-17-13-27-23-16(6-3-15-4-7-19(26)8-5-15)12-28-24(21(17)23)22(20)25(29)30/h3-11,13,16,23,27-28H,12,14H2,1-2H3. The van der Waals surface area contributed by atoms with Crippen LogP contribution in [0.3, 0.4) is 0 Å². The molecule has 2 unspecified atom stereocenters. The molecular formula is C25H24FN3O3S. The molecule has 3 heterocycles. The SMILES string of the molecule is Cn1ccc2c(c1=O)C1=C3C(=CNC3C(C=Cc3ccc(F)cc3)CN1)C=C2CS(C)(=O)=O. The minimum Gasteiger partial charge on any atom is -0.383 e. The Hall–Kier alpha value is -3.39. The van der Waals surface area contributed by atoms with Crippen molar-refractivity contribution < 1.29 is 12.8 Å². The van der Waals surface area contributed by atoms with Crippen molar-refractivity contribution >= 4 is 27.2 Å². The largest absolute Gasteiger partial charge is 0.383 e. The summed E-state index contributed by atoms with van der Waals surface area (Å²) in [5, 5.41) is 6.88. The van der Waals surface area contributed by atoms with E-state index in [9.17, 15) is 17.6 Å². The van der Waals surface area contributed by atoms with Crippen molar-refractivity contribution in [3.05, 3.63) is 98.9 Å². The quantitative estimate of drug-likeness (QED) is 0.725. The lowest BCUT2D eigenvalue weighted by Crippen LogP contribution is -2.43. The van der Waals surface area contributed by atoms with E-state index in [1.165, 1.54) is 23.0 Å². The van der Waals surface area contributed by atoms with Gasteiger partial charge in [0.1, 0.15) is 5.82 Å². The second-order valence-electron chi connectivity index (χ2n) is 8.75. The van der Waals surface area contributed by atoms with Crippen LogP contribution in [0, 0.1) is 11.7 Å². The number of hydrogen-bond acceptors (Lipinski definition) is 5. The van der Waals surface area contributed by atoms with E-state index in [0.29, 0.717) is 23.2 Å². The molecule has 8 heteroatoms. The Bertz CT molecular complexity index is 1430. The molecule has 33 heavy (non-hydrogen) atoms. The van der Waals surface area contributed by atoms with Crippen LogP contribution in [0.2, 0.25) is 0 Å². The molecule has 0 spiro atoms. The van der Waals surface area contributed by atoms with Crippen LogP contribution in [0.15, 0.2) is 70.8 Å². The van der Waals surface area contributed by atoms with E-state index < -0.39 is 9.84 Å². The number of pyridine rings is 1. The molecule has 0 amide bonds. The highest BCUT2D eigenvalue weighted by atomic mass is 32.2. The zero-order chi connectivity index (χ0) is 23.3. The van der Waals surface area contributed by atoms with Gasteiger partial charge in [-0.2, -0.15) is 0 Å². The molecule has 0 saturated carbocycles. The summed E-state index contributed by atoms with van der Waals surface area (Å²) >= 11 is 0. The van der Waals surface area contributed by atoms with Crippen molar-refractivity contribution in [2.75, 3.05) is 18.6 Å². The van der Waals surface area contributed by atoms with Gasteiger partial charge in [-0.25, -0.2) is 12.8 Å². The molecule has 1 aliphatic carbocycles. The van der Waals surface area contributed by atoms with E-state index in [-0.39, 0.29) is 29.1 Å². The normalized spacial score (nSPS) is 21.5. The minimum atomic E-state index is -3.31.